The third-order valence-corrected chi connectivity index (χ3v) is 5.38. The summed E-state index contributed by atoms with van der Waals surface area (Å²) in [5.74, 6) is 0. The van der Waals surface area contributed by atoms with Crippen molar-refractivity contribution in [2.45, 2.75) is 23.5 Å². The van der Waals surface area contributed by atoms with Crippen LogP contribution in [-0.4, -0.2) is 33.0 Å². The zero-order chi connectivity index (χ0) is 13.8. The largest absolute Gasteiger partial charge is 0.384 e. The normalized spacial score (nSPS) is 12.4. The lowest BCUT2D eigenvalue weighted by Gasteiger charge is -2.23. The average molecular weight is 288 g/mol. The first-order valence-electron chi connectivity index (χ1n) is 5.63. The van der Waals surface area contributed by atoms with Crippen molar-refractivity contribution in [2.24, 2.45) is 0 Å². The molecule has 0 saturated carbocycles. The molecule has 0 bridgehead atoms. The van der Waals surface area contributed by atoms with Crippen LogP contribution < -0.4 is 10.0 Å². The maximum Gasteiger partial charge on any atom is 0.240 e. The summed E-state index contributed by atoms with van der Waals surface area (Å²) in [5, 5.41) is 3.30. The second-order valence-electron chi connectivity index (χ2n) is 4.55. The molecule has 1 aromatic rings. The van der Waals surface area contributed by atoms with Crippen LogP contribution in [0, 0.1) is 0 Å². The van der Waals surface area contributed by atoms with E-state index in [2.05, 4.69) is 30.1 Å². The first-order valence-corrected chi connectivity index (χ1v) is 8.34. The number of thioether (sulfide) groups is 1. The van der Waals surface area contributed by atoms with Gasteiger partial charge in [-0.25, -0.2) is 13.1 Å². The van der Waals surface area contributed by atoms with Gasteiger partial charge in [-0.15, -0.1) is 0 Å². The van der Waals surface area contributed by atoms with E-state index in [1.807, 2.05) is 0 Å². The summed E-state index contributed by atoms with van der Waals surface area (Å²) in [7, 11) is -1.94. The molecule has 2 N–H and O–H groups in total. The summed E-state index contributed by atoms with van der Waals surface area (Å²) in [5.41, 5.74) is 0.923. The molecule has 1 rings (SSSR count). The highest BCUT2D eigenvalue weighted by atomic mass is 32.2. The van der Waals surface area contributed by atoms with Crippen molar-refractivity contribution in [3.63, 3.8) is 0 Å². The quantitative estimate of drug-likeness (QED) is 0.842. The van der Waals surface area contributed by atoms with Crippen molar-refractivity contribution in [1.29, 1.82) is 0 Å². The molecule has 102 valence electrons. The minimum absolute atomic E-state index is 0.149. The number of anilines is 1. The molecule has 0 atom stereocenters. The Morgan fingerprint density at radius 2 is 1.78 bits per heavy atom. The van der Waals surface area contributed by atoms with Gasteiger partial charge < -0.3 is 5.32 Å². The number of nitrogens with one attached hydrogen (secondary N) is 2. The van der Waals surface area contributed by atoms with Crippen molar-refractivity contribution in [2.75, 3.05) is 25.2 Å². The first kappa shape index (κ1) is 15.3. The molecule has 0 saturated heterocycles. The van der Waals surface area contributed by atoms with E-state index >= 15 is 0 Å². The third kappa shape index (κ3) is 4.19. The smallest absolute Gasteiger partial charge is 0.240 e. The molecule has 6 heteroatoms. The fraction of sp³-hybridized carbons (Fsp3) is 0.500. The van der Waals surface area contributed by atoms with E-state index < -0.39 is 10.0 Å². The summed E-state index contributed by atoms with van der Waals surface area (Å²) < 4.78 is 25.5. The molecule has 0 spiro atoms. The lowest BCUT2D eigenvalue weighted by Crippen LogP contribution is -2.25. The van der Waals surface area contributed by atoms with Gasteiger partial charge in [-0.2, -0.15) is 11.8 Å². The van der Waals surface area contributed by atoms with Crippen LogP contribution in [0.3, 0.4) is 0 Å². The summed E-state index contributed by atoms with van der Waals surface area (Å²) in [6.45, 7) is 5.14. The average Bonchev–Trinajstić information content (AvgIpc) is 2.37. The topological polar surface area (TPSA) is 58.2 Å². The van der Waals surface area contributed by atoms with E-state index in [-0.39, 0.29) is 9.64 Å². The van der Waals surface area contributed by atoms with Crippen LogP contribution in [0.5, 0.6) is 0 Å². The van der Waals surface area contributed by atoms with E-state index in [9.17, 15) is 8.42 Å². The Morgan fingerprint density at radius 3 is 2.22 bits per heavy atom. The maximum atomic E-state index is 11.5. The van der Waals surface area contributed by atoms with Crippen molar-refractivity contribution in [3.8, 4) is 0 Å². The summed E-state index contributed by atoms with van der Waals surface area (Å²) in [6.07, 6.45) is 2.07. The molecule has 18 heavy (non-hydrogen) atoms. The number of sulfonamides is 1. The third-order valence-electron chi connectivity index (χ3n) is 2.70. The highest BCUT2D eigenvalue weighted by molar-refractivity contribution is 7.99. The van der Waals surface area contributed by atoms with E-state index in [0.717, 1.165) is 12.2 Å². The van der Waals surface area contributed by atoms with Gasteiger partial charge in [0.15, 0.2) is 0 Å². The number of rotatable bonds is 6. The Labute approximate surface area is 114 Å². The summed E-state index contributed by atoms with van der Waals surface area (Å²) in [4.78, 5) is 0.277. The van der Waals surface area contributed by atoms with Crippen LogP contribution >= 0.6 is 11.8 Å². The van der Waals surface area contributed by atoms with Gasteiger partial charge in [0.25, 0.3) is 0 Å². The number of hydrogen-bond acceptors (Lipinski definition) is 4. The fourth-order valence-electron chi connectivity index (χ4n) is 1.26. The SMILES string of the molecule is CNS(=O)(=O)c1ccc(NCC(C)(C)SC)cc1. The zero-order valence-corrected chi connectivity index (χ0v) is 12.8. The van der Waals surface area contributed by atoms with Crippen LogP contribution in [0.25, 0.3) is 0 Å². The molecule has 1 aromatic carbocycles. The molecule has 4 nitrogen and oxygen atoms in total. The fourth-order valence-corrected chi connectivity index (χ4v) is 2.20. The Hall–Kier alpha value is -0.720. The Bertz CT molecular complexity index is 481. The Kier molecular flexibility index (Phi) is 5.07. The minimum atomic E-state index is -3.34. The second kappa shape index (κ2) is 5.95. The predicted octanol–water partition coefficient (Wildman–Crippen LogP) is 2.15. The second-order valence-corrected chi connectivity index (χ2v) is 7.95. The summed E-state index contributed by atoms with van der Waals surface area (Å²) >= 11 is 1.79. The lowest BCUT2D eigenvalue weighted by atomic mass is 10.2. The van der Waals surface area contributed by atoms with E-state index in [1.165, 1.54) is 7.05 Å². The van der Waals surface area contributed by atoms with Gasteiger partial charge in [0.05, 0.1) is 4.90 Å². The van der Waals surface area contributed by atoms with Crippen molar-refractivity contribution >= 4 is 27.5 Å². The summed E-state index contributed by atoms with van der Waals surface area (Å²) in [6, 6.07) is 6.75. The van der Waals surface area contributed by atoms with E-state index in [0.29, 0.717) is 0 Å². The molecule has 0 aliphatic heterocycles. The molecule has 0 unspecified atom stereocenters. The molecule has 0 aliphatic carbocycles. The van der Waals surface area contributed by atoms with Crippen LogP contribution in [0.2, 0.25) is 0 Å². The van der Waals surface area contributed by atoms with Gasteiger partial charge in [0.1, 0.15) is 0 Å². The Morgan fingerprint density at radius 1 is 1.22 bits per heavy atom. The van der Waals surface area contributed by atoms with Gasteiger partial charge in [0, 0.05) is 17.0 Å². The molecule has 0 aliphatic rings. The first-order chi connectivity index (χ1) is 8.30. The molecular formula is C12H20N2O2S2. The molecule has 0 amide bonds. The highest BCUT2D eigenvalue weighted by Crippen LogP contribution is 2.22. The lowest BCUT2D eigenvalue weighted by molar-refractivity contribution is 0.588. The molecule has 0 aromatic heterocycles. The van der Waals surface area contributed by atoms with Crippen LogP contribution in [0.15, 0.2) is 29.2 Å². The standard InChI is InChI=1S/C12H20N2O2S2/c1-12(2,17-4)9-14-10-5-7-11(8-6-10)18(15,16)13-3/h5-8,13-14H,9H2,1-4H3. The van der Waals surface area contributed by atoms with Crippen LogP contribution in [0.1, 0.15) is 13.8 Å². The van der Waals surface area contributed by atoms with Crippen LogP contribution in [-0.2, 0) is 10.0 Å². The molecule has 0 radical (unpaired) electrons. The minimum Gasteiger partial charge on any atom is -0.384 e. The monoisotopic (exact) mass is 288 g/mol. The van der Waals surface area contributed by atoms with Crippen LogP contribution in [0.4, 0.5) is 5.69 Å². The highest BCUT2D eigenvalue weighted by Gasteiger charge is 2.15. The van der Waals surface area contributed by atoms with E-state index in [1.54, 1.807) is 36.0 Å². The van der Waals surface area contributed by atoms with Gasteiger partial charge in [-0.05, 0) is 51.4 Å². The van der Waals surface area contributed by atoms with Crippen molar-refractivity contribution in [1.82, 2.24) is 4.72 Å². The zero-order valence-electron chi connectivity index (χ0n) is 11.1. The van der Waals surface area contributed by atoms with Gasteiger partial charge in [-0.3, -0.25) is 0 Å². The van der Waals surface area contributed by atoms with Crippen molar-refractivity contribution in [3.05, 3.63) is 24.3 Å². The van der Waals surface area contributed by atoms with Crippen molar-refractivity contribution < 1.29 is 8.42 Å². The molecular weight excluding hydrogens is 268 g/mol. The molecule has 0 fully saturated rings. The maximum absolute atomic E-state index is 11.5. The number of hydrogen-bond donors (Lipinski definition) is 2. The van der Waals surface area contributed by atoms with E-state index in [4.69, 9.17) is 0 Å². The Balaban J connectivity index is 2.73. The number of benzene rings is 1. The predicted molar refractivity (Wildman–Crippen MR) is 78.8 cm³/mol. The van der Waals surface area contributed by atoms with Gasteiger partial charge >= 0.3 is 0 Å². The van der Waals surface area contributed by atoms with Gasteiger partial charge in [0.2, 0.25) is 10.0 Å². The van der Waals surface area contributed by atoms with Gasteiger partial charge in [-0.1, -0.05) is 0 Å². The molecule has 0 heterocycles.